The van der Waals surface area contributed by atoms with Gasteiger partial charge in [-0.15, -0.1) is 0 Å². The Morgan fingerprint density at radius 3 is 2.43 bits per heavy atom. The Hall–Kier alpha value is -0.860. The Balaban J connectivity index is 2.79. The van der Waals surface area contributed by atoms with Crippen molar-refractivity contribution in [2.24, 2.45) is 0 Å². The van der Waals surface area contributed by atoms with Crippen LogP contribution in [0.5, 0.6) is 0 Å². The molecule has 1 aromatic carbocycles. The van der Waals surface area contributed by atoms with Crippen LogP contribution in [0.2, 0.25) is 0 Å². The summed E-state index contributed by atoms with van der Waals surface area (Å²) in [5, 5.41) is 12.8. The van der Waals surface area contributed by atoms with Gasteiger partial charge in [0.05, 0.1) is 12.1 Å². The fourth-order valence-corrected chi connectivity index (χ4v) is 1.46. The molecule has 0 aromatic heterocycles. The second-order valence-corrected chi connectivity index (χ2v) is 3.78. The molecule has 2 heteroatoms. The lowest BCUT2D eigenvalue weighted by Gasteiger charge is -2.29. The minimum absolute atomic E-state index is 0.122. The van der Waals surface area contributed by atoms with Gasteiger partial charge in [-0.2, -0.15) is 0 Å². The molecule has 0 bridgehead atoms. The Morgan fingerprint density at radius 1 is 1.29 bits per heavy atom. The Morgan fingerprint density at radius 2 is 1.93 bits per heavy atom. The molecule has 0 radical (unpaired) electrons. The van der Waals surface area contributed by atoms with Crippen LogP contribution in [0.3, 0.4) is 0 Å². The van der Waals surface area contributed by atoms with E-state index in [1.165, 1.54) is 0 Å². The van der Waals surface area contributed by atoms with Crippen molar-refractivity contribution in [1.29, 1.82) is 0 Å². The third kappa shape index (κ3) is 2.56. The molecule has 0 fully saturated rings. The summed E-state index contributed by atoms with van der Waals surface area (Å²) in [4.78, 5) is 0. The van der Waals surface area contributed by atoms with Gasteiger partial charge in [-0.1, -0.05) is 37.3 Å². The number of hydrogen-bond donors (Lipinski definition) is 2. The van der Waals surface area contributed by atoms with Crippen molar-refractivity contribution < 1.29 is 5.11 Å². The zero-order valence-electron chi connectivity index (χ0n) is 8.96. The average molecular weight is 193 g/mol. The molecule has 0 aliphatic rings. The number of rotatable bonds is 5. The normalized spacial score (nSPS) is 15.1. The van der Waals surface area contributed by atoms with Crippen LogP contribution in [-0.4, -0.2) is 18.3 Å². The molecule has 0 saturated heterocycles. The largest absolute Gasteiger partial charge is 0.394 e. The summed E-state index contributed by atoms with van der Waals surface area (Å²) < 4.78 is 0. The smallest absolute Gasteiger partial charge is 0.0652 e. The fraction of sp³-hybridized carbons (Fsp3) is 0.500. The maximum Gasteiger partial charge on any atom is 0.0652 e. The lowest BCUT2D eigenvalue weighted by molar-refractivity contribution is 0.175. The molecular formula is C12H19NO. The van der Waals surface area contributed by atoms with Crippen molar-refractivity contribution in [1.82, 2.24) is 5.32 Å². The van der Waals surface area contributed by atoms with Crippen LogP contribution in [-0.2, 0) is 5.54 Å². The number of aliphatic hydroxyl groups is 1. The van der Waals surface area contributed by atoms with Crippen molar-refractivity contribution in [2.45, 2.75) is 25.8 Å². The van der Waals surface area contributed by atoms with Crippen molar-refractivity contribution in [3.05, 3.63) is 35.9 Å². The standard InChI is InChI=1S/C12H19NO/c1-3-9-13-12(2,10-14)11-7-5-4-6-8-11/h4-8,13-14H,3,9-10H2,1-2H3. The minimum Gasteiger partial charge on any atom is -0.394 e. The monoisotopic (exact) mass is 193 g/mol. The maximum atomic E-state index is 9.40. The summed E-state index contributed by atoms with van der Waals surface area (Å²) in [6, 6.07) is 10.1. The molecule has 0 saturated carbocycles. The van der Waals surface area contributed by atoms with E-state index < -0.39 is 0 Å². The predicted molar refractivity (Wildman–Crippen MR) is 59.2 cm³/mol. The first-order valence-electron chi connectivity index (χ1n) is 5.14. The van der Waals surface area contributed by atoms with E-state index in [1.54, 1.807) is 0 Å². The van der Waals surface area contributed by atoms with Gasteiger partial charge in [0.2, 0.25) is 0 Å². The second-order valence-electron chi connectivity index (χ2n) is 3.78. The van der Waals surface area contributed by atoms with Gasteiger partial charge in [-0.25, -0.2) is 0 Å². The fourth-order valence-electron chi connectivity index (χ4n) is 1.46. The van der Waals surface area contributed by atoms with E-state index in [9.17, 15) is 5.11 Å². The van der Waals surface area contributed by atoms with Crippen molar-refractivity contribution in [3.63, 3.8) is 0 Å². The highest BCUT2D eigenvalue weighted by atomic mass is 16.3. The summed E-state index contributed by atoms with van der Waals surface area (Å²) >= 11 is 0. The minimum atomic E-state index is -0.308. The second kappa shape index (κ2) is 5.13. The highest BCUT2D eigenvalue weighted by molar-refractivity contribution is 5.23. The van der Waals surface area contributed by atoms with Crippen LogP contribution in [0, 0.1) is 0 Å². The molecule has 2 N–H and O–H groups in total. The molecule has 0 aliphatic carbocycles. The first-order chi connectivity index (χ1) is 6.73. The third-order valence-electron chi connectivity index (χ3n) is 2.49. The molecule has 1 unspecified atom stereocenters. The van der Waals surface area contributed by atoms with Gasteiger partial charge in [0.25, 0.3) is 0 Å². The van der Waals surface area contributed by atoms with Crippen LogP contribution in [0.1, 0.15) is 25.8 Å². The zero-order chi connectivity index (χ0) is 10.4. The van der Waals surface area contributed by atoms with Gasteiger partial charge in [-0.05, 0) is 25.5 Å². The molecule has 0 spiro atoms. The molecule has 0 aliphatic heterocycles. The van der Waals surface area contributed by atoms with E-state index in [1.807, 2.05) is 37.3 Å². The zero-order valence-corrected chi connectivity index (χ0v) is 8.96. The predicted octanol–water partition coefficient (Wildman–Crippen LogP) is 1.89. The van der Waals surface area contributed by atoms with Crippen molar-refractivity contribution >= 4 is 0 Å². The molecule has 0 amide bonds. The molecule has 1 aromatic rings. The number of aliphatic hydroxyl groups excluding tert-OH is 1. The van der Waals surface area contributed by atoms with Crippen molar-refractivity contribution in [2.75, 3.05) is 13.2 Å². The number of hydrogen-bond acceptors (Lipinski definition) is 2. The molecule has 1 rings (SSSR count). The summed E-state index contributed by atoms with van der Waals surface area (Å²) in [5.41, 5.74) is 0.827. The quantitative estimate of drug-likeness (QED) is 0.748. The molecule has 0 heterocycles. The molecule has 78 valence electrons. The number of nitrogens with one attached hydrogen (secondary N) is 1. The van der Waals surface area contributed by atoms with Crippen molar-refractivity contribution in [3.8, 4) is 0 Å². The maximum absolute atomic E-state index is 9.40. The lowest BCUT2D eigenvalue weighted by Crippen LogP contribution is -2.43. The Kier molecular flexibility index (Phi) is 4.11. The van der Waals surface area contributed by atoms with E-state index in [0.717, 1.165) is 18.5 Å². The van der Waals surface area contributed by atoms with Gasteiger partial charge in [0.1, 0.15) is 0 Å². The van der Waals surface area contributed by atoms with Crippen LogP contribution in [0.25, 0.3) is 0 Å². The van der Waals surface area contributed by atoms with Gasteiger partial charge in [0, 0.05) is 0 Å². The summed E-state index contributed by atoms with van der Waals surface area (Å²) in [6.07, 6.45) is 1.07. The van der Waals surface area contributed by atoms with Crippen LogP contribution in [0.15, 0.2) is 30.3 Å². The highest BCUT2D eigenvalue weighted by Crippen LogP contribution is 2.19. The van der Waals surface area contributed by atoms with E-state index in [2.05, 4.69) is 12.2 Å². The highest BCUT2D eigenvalue weighted by Gasteiger charge is 2.23. The van der Waals surface area contributed by atoms with E-state index in [-0.39, 0.29) is 12.1 Å². The Labute approximate surface area is 86.0 Å². The first-order valence-corrected chi connectivity index (χ1v) is 5.14. The molecule has 1 atom stereocenters. The summed E-state index contributed by atoms with van der Waals surface area (Å²) in [5.74, 6) is 0. The van der Waals surface area contributed by atoms with Crippen LogP contribution in [0.4, 0.5) is 0 Å². The van der Waals surface area contributed by atoms with E-state index in [4.69, 9.17) is 0 Å². The molecule has 2 nitrogen and oxygen atoms in total. The van der Waals surface area contributed by atoms with Gasteiger partial charge in [0.15, 0.2) is 0 Å². The van der Waals surface area contributed by atoms with Gasteiger partial charge < -0.3 is 10.4 Å². The third-order valence-corrected chi connectivity index (χ3v) is 2.49. The lowest BCUT2D eigenvalue weighted by atomic mass is 9.93. The molecular weight excluding hydrogens is 174 g/mol. The number of benzene rings is 1. The van der Waals surface area contributed by atoms with Gasteiger partial charge in [-0.3, -0.25) is 0 Å². The topological polar surface area (TPSA) is 32.3 Å². The van der Waals surface area contributed by atoms with E-state index >= 15 is 0 Å². The Bertz CT molecular complexity index is 260. The SMILES string of the molecule is CCCNC(C)(CO)c1ccccc1. The molecule has 14 heavy (non-hydrogen) atoms. The van der Waals surface area contributed by atoms with Crippen LogP contribution >= 0.6 is 0 Å². The average Bonchev–Trinajstić information content (AvgIpc) is 2.27. The van der Waals surface area contributed by atoms with Gasteiger partial charge >= 0.3 is 0 Å². The van der Waals surface area contributed by atoms with Crippen LogP contribution < -0.4 is 5.32 Å². The summed E-state index contributed by atoms with van der Waals surface area (Å²) in [6.45, 7) is 5.19. The summed E-state index contributed by atoms with van der Waals surface area (Å²) in [7, 11) is 0. The first kappa shape index (κ1) is 11.2. The van der Waals surface area contributed by atoms with E-state index in [0.29, 0.717) is 0 Å².